The summed E-state index contributed by atoms with van der Waals surface area (Å²) in [5.41, 5.74) is 0.246. The summed E-state index contributed by atoms with van der Waals surface area (Å²) in [5.74, 6) is 0.884. The van der Waals surface area contributed by atoms with Crippen LogP contribution in [0.1, 0.15) is 75.4 Å². The molecule has 4 bridgehead atoms. The van der Waals surface area contributed by atoms with Gasteiger partial charge in [-0.25, -0.2) is 4.79 Å². The number of hydrogen-bond acceptors (Lipinski definition) is 6. The monoisotopic (exact) mass is 447 g/mol. The van der Waals surface area contributed by atoms with E-state index in [1.54, 1.807) is 12.1 Å². The maximum absolute atomic E-state index is 13.1. The van der Waals surface area contributed by atoms with Gasteiger partial charge in [-0.2, -0.15) is 0 Å². The third kappa shape index (κ3) is 3.33. The molecule has 7 rings (SSSR count). The topological polar surface area (TPSA) is 93.9 Å². The van der Waals surface area contributed by atoms with E-state index in [9.17, 15) is 19.2 Å². The molecule has 1 aliphatic heterocycles. The fourth-order valence-electron chi connectivity index (χ4n) is 6.94. The second kappa shape index (κ2) is 7.40. The summed E-state index contributed by atoms with van der Waals surface area (Å²) >= 11 is 0. The van der Waals surface area contributed by atoms with Gasteiger partial charge in [0.05, 0.1) is 29.5 Å². The minimum absolute atomic E-state index is 0.0265. The van der Waals surface area contributed by atoms with E-state index in [0.717, 1.165) is 24.2 Å². The third-order valence-electron chi connectivity index (χ3n) is 8.06. The zero-order valence-electron chi connectivity index (χ0n) is 18.2. The van der Waals surface area contributed by atoms with E-state index in [1.165, 1.54) is 43.7 Å². The van der Waals surface area contributed by atoms with Gasteiger partial charge >= 0.3 is 5.97 Å². The van der Waals surface area contributed by atoms with E-state index in [4.69, 9.17) is 9.15 Å². The van der Waals surface area contributed by atoms with Gasteiger partial charge in [0.15, 0.2) is 12.4 Å². The van der Waals surface area contributed by atoms with Gasteiger partial charge in [-0.05, 0) is 86.6 Å². The second-order valence-electron chi connectivity index (χ2n) is 10.2. The average molecular weight is 447 g/mol. The van der Waals surface area contributed by atoms with Crippen molar-refractivity contribution >= 4 is 23.6 Å². The number of hydrogen-bond donors (Lipinski definition) is 0. The zero-order chi connectivity index (χ0) is 22.7. The van der Waals surface area contributed by atoms with Gasteiger partial charge in [0.25, 0.3) is 11.8 Å². The van der Waals surface area contributed by atoms with Crippen LogP contribution in [-0.4, -0.2) is 35.1 Å². The first kappa shape index (κ1) is 20.4. The van der Waals surface area contributed by atoms with Gasteiger partial charge in [0.1, 0.15) is 5.76 Å². The number of rotatable bonds is 6. The Morgan fingerprint density at radius 1 is 0.970 bits per heavy atom. The summed E-state index contributed by atoms with van der Waals surface area (Å²) in [7, 11) is 0. The molecule has 1 aromatic heterocycles. The molecule has 7 nitrogen and oxygen atoms in total. The molecule has 0 radical (unpaired) electrons. The maximum atomic E-state index is 13.1. The minimum Gasteiger partial charge on any atom is -0.467 e. The molecule has 33 heavy (non-hydrogen) atoms. The number of amides is 2. The van der Waals surface area contributed by atoms with Gasteiger partial charge < -0.3 is 9.15 Å². The van der Waals surface area contributed by atoms with Crippen LogP contribution in [0.3, 0.4) is 0 Å². The highest BCUT2D eigenvalue weighted by Crippen LogP contribution is 2.60. The predicted octanol–water partition coefficient (Wildman–Crippen LogP) is 4.02. The number of ether oxygens (including phenoxy) is 1. The SMILES string of the molecule is O=C(OCC(=O)C12CC3CC(CC(C3)C1)C2)c1ccc2c(c1)C(=O)N(Cc1ccco1)C2=O. The van der Waals surface area contributed by atoms with Gasteiger partial charge in [0, 0.05) is 5.41 Å². The van der Waals surface area contributed by atoms with E-state index >= 15 is 0 Å². The van der Waals surface area contributed by atoms with Crippen LogP contribution in [0.5, 0.6) is 0 Å². The Labute approximate surface area is 191 Å². The molecule has 5 aliphatic rings. The number of ketones is 1. The lowest BCUT2D eigenvalue weighted by molar-refractivity contribution is -0.147. The first-order valence-corrected chi connectivity index (χ1v) is 11.6. The Kier molecular flexibility index (Phi) is 4.57. The van der Waals surface area contributed by atoms with Gasteiger partial charge in [-0.15, -0.1) is 0 Å². The van der Waals surface area contributed by atoms with Crippen LogP contribution in [0, 0.1) is 23.2 Å². The number of carbonyl (C=O) groups excluding carboxylic acids is 4. The van der Waals surface area contributed by atoms with E-state index < -0.39 is 17.8 Å². The number of benzene rings is 1. The minimum atomic E-state index is -0.652. The number of carbonyl (C=O) groups is 4. The molecule has 4 aliphatic carbocycles. The normalized spacial score (nSPS) is 29.5. The molecule has 0 saturated heterocycles. The van der Waals surface area contributed by atoms with Crippen molar-refractivity contribution in [3.05, 3.63) is 59.0 Å². The van der Waals surface area contributed by atoms with Crippen molar-refractivity contribution < 1.29 is 28.3 Å². The number of nitrogens with zero attached hydrogens (tertiary/aromatic N) is 1. The first-order chi connectivity index (χ1) is 15.9. The zero-order valence-corrected chi connectivity index (χ0v) is 18.2. The molecule has 0 unspecified atom stereocenters. The Bertz CT molecular complexity index is 1130. The summed E-state index contributed by atoms with van der Waals surface area (Å²) in [6, 6.07) is 7.70. The predicted molar refractivity (Wildman–Crippen MR) is 115 cm³/mol. The first-order valence-electron chi connectivity index (χ1n) is 11.6. The van der Waals surface area contributed by atoms with Crippen LogP contribution < -0.4 is 0 Å². The molecular weight excluding hydrogens is 422 g/mol. The second-order valence-corrected chi connectivity index (χ2v) is 10.2. The molecule has 0 spiro atoms. The molecule has 4 fully saturated rings. The standard InChI is InChI=1S/C26H25NO6/c28-22(26-10-15-6-16(11-26)8-17(7-15)12-26)14-33-25(31)18-3-4-20-21(9-18)24(30)27(23(20)29)13-19-2-1-5-32-19/h1-5,9,15-17H,6-8,10-14H2. The van der Waals surface area contributed by atoms with Gasteiger partial charge in [-0.3, -0.25) is 19.3 Å². The van der Waals surface area contributed by atoms with Crippen molar-refractivity contribution in [1.82, 2.24) is 4.90 Å². The molecule has 1 aromatic carbocycles. The lowest BCUT2D eigenvalue weighted by atomic mass is 9.48. The largest absolute Gasteiger partial charge is 0.467 e. The summed E-state index contributed by atoms with van der Waals surface area (Å²) in [6.07, 6.45) is 7.98. The summed E-state index contributed by atoms with van der Waals surface area (Å²) in [5, 5.41) is 0. The van der Waals surface area contributed by atoms with E-state index in [0.29, 0.717) is 23.5 Å². The quantitative estimate of drug-likeness (QED) is 0.490. The molecule has 2 aromatic rings. The highest BCUT2D eigenvalue weighted by atomic mass is 16.5. The van der Waals surface area contributed by atoms with Crippen LogP contribution >= 0.6 is 0 Å². The highest BCUT2D eigenvalue weighted by Gasteiger charge is 2.54. The molecule has 2 heterocycles. The van der Waals surface area contributed by atoms with Crippen molar-refractivity contribution in [1.29, 1.82) is 0 Å². The van der Waals surface area contributed by atoms with Crippen molar-refractivity contribution in [2.45, 2.75) is 45.1 Å². The number of esters is 1. The van der Waals surface area contributed by atoms with Crippen molar-refractivity contribution in [3.8, 4) is 0 Å². The van der Waals surface area contributed by atoms with E-state index in [-0.39, 0.29) is 41.0 Å². The molecule has 7 heteroatoms. The molecular formula is C26H25NO6. The van der Waals surface area contributed by atoms with Crippen LogP contribution in [-0.2, 0) is 16.1 Å². The number of imide groups is 1. The highest BCUT2D eigenvalue weighted by molar-refractivity contribution is 6.21. The van der Waals surface area contributed by atoms with Crippen LogP contribution in [0.2, 0.25) is 0 Å². The Morgan fingerprint density at radius 2 is 1.64 bits per heavy atom. The Morgan fingerprint density at radius 3 is 2.27 bits per heavy atom. The molecule has 4 saturated carbocycles. The lowest BCUT2D eigenvalue weighted by Gasteiger charge is -2.55. The number of fused-ring (bicyclic) bond motifs is 1. The summed E-state index contributed by atoms with van der Waals surface area (Å²) in [4.78, 5) is 52.3. The molecule has 2 amide bonds. The lowest BCUT2D eigenvalue weighted by Crippen LogP contribution is -2.51. The fraction of sp³-hybridized carbons (Fsp3) is 0.462. The Hall–Kier alpha value is -3.22. The van der Waals surface area contributed by atoms with E-state index in [2.05, 4.69) is 0 Å². The van der Waals surface area contributed by atoms with Crippen LogP contribution in [0.4, 0.5) is 0 Å². The van der Waals surface area contributed by atoms with Gasteiger partial charge in [-0.1, -0.05) is 0 Å². The number of furan rings is 1. The number of Topliss-reactive ketones (excluding diaryl/α,β-unsaturated/α-hetero) is 1. The maximum Gasteiger partial charge on any atom is 0.338 e. The van der Waals surface area contributed by atoms with Crippen LogP contribution in [0.15, 0.2) is 41.0 Å². The fourth-order valence-corrected chi connectivity index (χ4v) is 6.94. The van der Waals surface area contributed by atoms with Crippen LogP contribution in [0.25, 0.3) is 0 Å². The third-order valence-corrected chi connectivity index (χ3v) is 8.06. The molecule has 170 valence electrons. The average Bonchev–Trinajstić information content (AvgIpc) is 3.39. The van der Waals surface area contributed by atoms with Crippen molar-refractivity contribution in [2.75, 3.05) is 6.61 Å². The Balaban J connectivity index is 1.14. The van der Waals surface area contributed by atoms with Crippen molar-refractivity contribution in [2.24, 2.45) is 23.2 Å². The molecule has 0 atom stereocenters. The summed E-state index contributed by atoms with van der Waals surface area (Å²) in [6.45, 7) is -0.210. The molecule has 0 N–H and O–H groups in total. The van der Waals surface area contributed by atoms with Crippen molar-refractivity contribution in [3.63, 3.8) is 0 Å². The van der Waals surface area contributed by atoms with E-state index in [1.807, 2.05) is 0 Å². The smallest absolute Gasteiger partial charge is 0.338 e. The van der Waals surface area contributed by atoms with Gasteiger partial charge in [0.2, 0.25) is 0 Å². The summed E-state index contributed by atoms with van der Waals surface area (Å²) < 4.78 is 10.6.